The van der Waals surface area contributed by atoms with E-state index < -0.39 is 0 Å². The average molecular weight is 269 g/mol. The molecule has 1 N–H and O–H groups in total. The zero-order valence-corrected chi connectivity index (χ0v) is 12.0. The highest BCUT2D eigenvalue weighted by Crippen LogP contribution is 2.26. The molecule has 1 atom stereocenters. The molecule has 0 radical (unpaired) electrons. The fourth-order valence-corrected chi connectivity index (χ4v) is 2.42. The number of amides is 1. The van der Waals surface area contributed by atoms with Gasteiger partial charge in [0, 0.05) is 6.04 Å². The third kappa shape index (κ3) is 3.22. The molecule has 1 unspecified atom stereocenters. The summed E-state index contributed by atoms with van der Waals surface area (Å²) in [5.74, 6) is 0.0611. The standard InChI is InChI=1S/C11H19N5OS/c1-7(9(17)12-8-5-6-8)18-10-13-14-15-16(10)11(2,3)4/h7-8H,5-6H2,1-4H3,(H,12,17). The van der Waals surface area contributed by atoms with Gasteiger partial charge < -0.3 is 5.32 Å². The van der Waals surface area contributed by atoms with E-state index in [-0.39, 0.29) is 16.7 Å². The zero-order chi connectivity index (χ0) is 13.3. The molecule has 1 saturated carbocycles. The van der Waals surface area contributed by atoms with Crippen molar-refractivity contribution in [3.05, 3.63) is 0 Å². The van der Waals surface area contributed by atoms with Crippen LogP contribution >= 0.6 is 11.8 Å². The molecule has 1 heterocycles. The fourth-order valence-electron chi connectivity index (χ4n) is 1.43. The van der Waals surface area contributed by atoms with Crippen LogP contribution in [0.2, 0.25) is 0 Å². The number of nitrogens with one attached hydrogen (secondary N) is 1. The van der Waals surface area contributed by atoms with Crippen molar-refractivity contribution < 1.29 is 4.79 Å². The van der Waals surface area contributed by atoms with Gasteiger partial charge in [-0.15, -0.1) is 5.10 Å². The van der Waals surface area contributed by atoms with Gasteiger partial charge in [-0.05, 0) is 51.0 Å². The Bertz CT molecular complexity index is 435. The van der Waals surface area contributed by atoms with Crippen LogP contribution in [0.4, 0.5) is 0 Å². The maximum absolute atomic E-state index is 11.9. The summed E-state index contributed by atoms with van der Waals surface area (Å²) in [5.41, 5.74) is -0.182. The predicted octanol–water partition coefficient (Wildman–Crippen LogP) is 1.19. The van der Waals surface area contributed by atoms with Gasteiger partial charge in [0.25, 0.3) is 0 Å². The van der Waals surface area contributed by atoms with Crippen molar-refractivity contribution in [1.82, 2.24) is 25.5 Å². The number of hydrogen-bond acceptors (Lipinski definition) is 5. The van der Waals surface area contributed by atoms with Gasteiger partial charge in [-0.25, -0.2) is 4.68 Å². The summed E-state index contributed by atoms with van der Waals surface area (Å²) in [6.07, 6.45) is 2.20. The number of carbonyl (C=O) groups excluding carboxylic acids is 1. The molecular formula is C11H19N5OS. The number of tetrazole rings is 1. The van der Waals surface area contributed by atoms with Crippen molar-refractivity contribution in [2.75, 3.05) is 0 Å². The van der Waals surface area contributed by atoms with Crippen molar-refractivity contribution in [1.29, 1.82) is 0 Å². The summed E-state index contributed by atoms with van der Waals surface area (Å²) in [7, 11) is 0. The Hall–Kier alpha value is -1.11. The summed E-state index contributed by atoms with van der Waals surface area (Å²) in [6.45, 7) is 7.97. The van der Waals surface area contributed by atoms with Crippen LogP contribution in [-0.2, 0) is 10.3 Å². The molecule has 100 valence electrons. The van der Waals surface area contributed by atoms with Gasteiger partial charge in [0.15, 0.2) is 0 Å². The van der Waals surface area contributed by atoms with Gasteiger partial charge in [-0.2, -0.15) is 0 Å². The molecule has 0 bridgehead atoms. The van der Waals surface area contributed by atoms with Crippen LogP contribution < -0.4 is 5.32 Å². The maximum Gasteiger partial charge on any atom is 0.233 e. The molecule has 0 saturated heterocycles. The van der Waals surface area contributed by atoms with Crippen molar-refractivity contribution >= 4 is 17.7 Å². The van der Waals surface area contributed by atoms with Crippen LogP contribution in [0.3, 0.4) is 0 Å². The normalized spacial score (nSPS) is 17.6. The number of carbonyl (C=O) groups is 1. The van der Waals surface area contributed by atoms with Gasteiger partial charge in [0.05, 0.1) is 10.8 Å². The molecule has 1 aromatic rings. The summed E-state index contributed by atoms with van der Waals surface area (Å²) in [5, 5.41) is 15.1. The Labute approximate surface area is 111 Å². The van der Waals surface area contributed by atoms with E-state index in [0.717, 1.165) is 12.8 Å². The fraction of sp³-hybridized carbons (Fsp3) is 0.818. The molecule has 1 aromatic heterocycles. The van der Waals surface area contributed by atoms with Crippen molar-refractivity contribution in [3.63, 3.8) is 0 Å². The Kier molecular flexibility index (Phi) is 3.61. The first-order chi connectivity index (χ1) is 8.38. The summed E-state index contributed by atoms with van der Waals surface area (Å²) >= 11 is 1.40. The van der Waals surface area contributed by atoms with E-state index in [2.05, 4.69) is 20.8 Å². The monoisotopic (exact) mass is 269 g/mol. The van der Waals surface area contributed by atoms with E-state index in [9.17, 15) is 4.79 Å². The Morgan fingerprint density at radius 1 is 1.50 bits per heavy atom. The van der Waals surface area contributed by atoms with E-state index in [0.29, 0.717) is 11.2 Å². The van der Waals surface area contributed by atoms with Gasteiger partial charge in [0.1, 0.15) is 0 Å². The highest BCUT2D eigenvalue weighted by molar-refractivity contribution is 8.00. The topological polar surface area (TPSA) is 72.7 Å². The first kappa shape index (κ1) is 13.3. The number of hydrogen-bond donors (Lipinski definition) is 1. The quantitative estimate of drug-likeness (QED) is 0.831. The van der Waals surface area contributed by atoms with Crippen molar-refractivity contribution in [3.8, 4) is 0 Å². The van der Waals surface area contributed by atoms with Crippen LogP contribution in [0.25, 0.3) is 0 Å². The maximum atomic E-state index is 11.9. The van der Waals surface area contributed by atoms with Crippen LogP contribution in [0, 0.1) is 0 Å². The minimum Gasteiger partial charge on any atom is -0.352 e. The molecule has 1 fully saturated rings. The van der Waals surface area contributed by atoms with Gasteiger partial charge in [0.2, 0.25) is 11.1 Å². The number of rotatable bonds is 4. The van der Waals surface area contributed by atoms with Crippen molar-refractivity contribution in [2.45, 2.75) is 62.5 Å². The lowest BCUT2D eigenvalue weighted by molar-refractivity contribution is -0.120. The van der Waals surface area contributed by atoms with E-state index in [1.807, 2.05) is 27.7 Å². The molecule has 6 nitrogen and oxygen atoms in total. The number of nitrogens with zero attached hydrogens (tertiary/aromatic N) is 4. The molecule has 7 heteroatoms. The second kappa shape index (κ2) is 4.87. The summed E-state index contributed by atoms with van der Waals surface area (Å²) in [6, 6.07) is 0.388. The zero-order valence-electron chi connectivity index (χ0n) is 11.2. The third-order valence-corrected chi connectivity index (χ3v) is 3.68. The van der Waals surface area contributed by atoms with E-state index in [4.69, 9.17) is 0 Å². The lowest BCUT2D eigenvalue weighted by Gasteiger charge is -2.20. The summed E-state index contributed by atoms with van der Waals surface area (Å²) in [4.78, 5) is 11.9. The third-order valence-electron chi connectivity index (χ3n) is 2.65. The van der Waals surface area contributed by atoms with Crippen LogP contribution in [0.5, 0.6) is 0 Å². The largest absolute Gasteiger partial charge is 0.352 e. The average Bonchev–Trinajstić information content (AvgIpc) is 2.92. The van der Waals surface area contributed by atoms with E-state index >= 15 is 0 Å². The molecule has 18 heavy (non-hydrogen) atoms. The molecule has 2 rings (SSSR count). The van der Waals surface area contributed by atoms with Gasteiger partial charge in [-0.1, -0.05) is 11.8 Å². The SMILES string of the molecule is CC(Sc1nnnn1C(C)(C)C)C(=O)NC1CC1. The number of thioether (sulfide) groups is 1. The molecule has 0 spiro atoms. The lowest BCUT2D eigenvalue weighted by atomic mass is 10.1. The van der Waals surface area contributed by atoms with E-state index in [1.54, 1.807) is 4.68 Å². The van der Waals surface area contributed by atoms with Crippen LogP contribution in [0.1, 0.15) is 40.5 Å². The van der Waals surface area contributed by atoms with Crippen LogP contribution in [0.15, 0.2) is 5.16 Å². The first-order valence-electron chi connectivity index (χ1n) is 6.14. The smallest absolute Gasteiger partial charge is 0.233 e. The lowest BCUT2D eigenvalue weighted by Crippen LogP contribution is -2.33. The Balaban J connectivity index is 2.00. The highest BCUT2D eigenvalue weighted by atomic mass is 32.2. The molecule has 0 aliphatic heterocycles. The molecule has 1 aliphatic carbocycles. The second-order valence-electron chi connectivity index (χ2n) is 5.59. The highest BCUT2D eigenvalue weighted by Gasteiger charge is 2.28. The molecule has 1 aliphatic rings. The van der Waals surface area contributed by atoms with Gasteiger partial charge in [-0.3, -0.25) is 4.79 Å². The Morgan fingerprint density at radius 2 is 2.17 bits per heavy atom. The molecular weight excluding hydrogens is 250 g/mol. The summed E-state index contributed by atoms with van der Waals surface area (Å²) < 4.78 is 1.75. The molecule has 1 amide bonds. The van der Waals surface area contributed by atoms with E-state index in [1.165, 1.54) is 11.8 Å². The van der Waals surface area contributed by atoms with Crippen molar-refractivity contribution in [2.24, 2.45) is 0 Å². The van der Waals surface area contributed by atoms with Crippen LogP contribution in [-0.4, -0.2) is 37.4 Å². The molecule has 0 aromatic carbocycles. The minimum atomic E-state index is -0.183. The number of aromatic nitrogens is 4. The second-order valence-corrected chi connectivity index (χ2v) is 6.89. The van der Waals surface area contributed by atoms with Gasteiger partial charge >= 0.3 is 0 Å². The minimum absolute atomic E-state index is 0.0611. The Morgan fingerprint density at radius 3 is 2.72 bits per heavy atom. The first-order valence-corrected chi connectivity index (χ1v) is 7.02. The predicted molar refractivity (Wildman–Crippen MR) is 69.3 cm³/mol.